The van der Waals surface area contributed by atoms with Crippen LogP contribution in [0.5, 0.6) is 0 Å². The number of carboxylic acid groups (broad SMARTS) is 1. The van der Waals surface area contributed by atoms with Crippen LogP contribution in [0.4, 0.5) is 5.69 Å². The summed E-state index contributed by atoms with van der Waals surface area (Å²) in [5, 5.41) is 18.1. The van der Waals surface area contributed by atoms with Gasteiger partial charge in [0, 0.05) is 27.9 Å². The first kappa shape index (κ1) is 22.8. The molecule has 2 N–H and O–H groups in total. The van der Waals surface area contributed by atoms with Crippen molar-refractivity contribution in [3.63, 3.8) is 0 Å². The van der Waals surface area contributed by atoms with Crippen LogP contribution in [-0.4, -0.2) is 34.7 Å². The average Bonchev–Trinajstić information content (AvgIpc) is 3.19. The average molecular weight is 489 g/mol. The monoisotopic (exact) mass is 488 g/mol. The van der Waals surface area contributed by atoms with E-state index in [1.807, 2.05) is 57.5 Å². The van der Waals surface area contributed by atoms with E-state index in [1.54, 1.807) is 16.8 Å². The number of aromatic carboxylic acids is 1. The number of anilines is 1. The fourth-order valence-electron chi connectivity index (χ4n) is 4.48. The molecule has 0 amide bonds. The zero-order valence-corrected chi connectivity index (χ0v) is 20.1. The quantitative estimate of drug-likeness (QED) is 0.476. The second-order valence-corrected chi connectivity index (χ2v) is 9.23. The Hall–Kier alpha value is -3.97. The zero-order valence-electron chi connectivity index (χ0n) is 19.4. The number of hydrazone groups is 1. The summed E-state index contributed by atoms with van der Waals surface area (Å²) in [5.41, 5.74) is 4.20. The predicted molar refractivity (Wildman–Crippen MR) is 138 cm³/mol. The Kier molecular flexibility index (Phi) is 5.65. The molecule has 0 fully saturated rings. The van der Waals surface area contributed by atoms with E-state index >= 15 is 0 Å². The van der Waals surface area contributed by atoms with Crippen molar-refractivity contribution in [3.05, 3.63) is 92.3 Å². The minimum Gasteiger partial charge on any atom is -0.478 e. The Bertz CT molecular complexity index is 1580. The third kappa shape index (κ3) is 4.31. The molecule has 1 aliphatic carbocycles. The fraction of sp³-hybridized carbons (Fsp3) is 0.185. The maximum atomic E-state index is 13.1. The van der Waals surface area contributed by atoms with Crippen molar-refractivity contribution in [1.29, 1.82) is 0 Å². The Morgan fingerprint density at radius 1 is 1.23 bits per heavy atom. The second-order valence-electron chi connectivity index (χ2n) is 8.80. The third-order valence-corrected chi connectivity index (χ3v) is 6.36. The summed E-state index contributed by atoms with van der Waals surface area (Å²) in [7, 11) is 1.88. The molecule has 0 radical (unpaired) electrons. The molecule has 3 aromatic rings. The zero-order chi connectivity index (χ0) is 24.9. The summed E-state index contributed by atoms with van der Waals surface area (Å²) in [6, 6.07) is 9.58. The number of hydrogen-bond acceptors (Lipinski definition) is 5. The van der Waals surface area contributed by atoms with Gasteiger partial charge in [-0.2, -0.15) is 0 Å². The maximum Gasteiger partial charge on any atom is 0.337 e. The van der Waals surface area contributed by atoms with Gasteiger partial charge in [0.2, 0.25) is 0 Å². The van der Waals surface area contributed by atoms with Crippen molar-refractivity contribution in [1.82, 2.24) is 0 Å². The number of aryl methyl sites for hydroxylation is 1. The highest BCUT2D eigenvalue weighted by Crippen LogP contribution is 2.32. The summed E-state index contributed by atoms with van der Waals surface area (Å²) in [6.07, 6.45) is 7.84. The van der Waals surface area contributed by atoms with Gasteiger partial charge in [0.1, 0.15) is 23.0 Å². The first-order valence-corrected chi connectivity index (χ1v) is 11.5. The van der Waals surface area contributed by atoms with Gasteiger partial charge in [0.05, 0.1) is 17.0 Å². The molecule has 35 heavy (non-hydrogen) atoms. The van der Waals surface area contributed by atoms with Crippen LogP contribution in [0.2, 0.25) is 5.02 Å². The molecule has 0 saturated heterocycles. The lowest BCUT2D eigenvalue weighted by Gasteiger charge is -2.20. The van der Waals surface area contributed by atoms with Crippen LogP contribution in [0.3, 0.4) is 0 Å². The first-order chi connectivity index (χ1) is 16.7. The van der Waals surface area contributed by atoms with Crippen LogP contribution in [-0.2, 0) is 0 Å². The van der Waals surface area contributed by atoms with Gasteiger partial charge in [-0.05, 0) is 60.9 Å². The Morgan fingerprint density at radius 3 is 2.80 bits per heavy atom. The van der Waals surface area contributed by atoms with Crippen LogP contribution >= 0.6 is 11.6 Å². The predicted octanol–water partition coefficient (Wildman–Crippen LogP) is 5.28. The van der Waals surface area contributed by atoms with Crippen molar-refractivity contribution < 1.29 is 19.0 Å². The molecule has 8 heteroatoms. The number of halogens is 1. The molecule has 7 nitrogen and oxygen atoms in total. The Labute approximate surface area is 206 Å². The van der Waals surface area contributed by atoms with E-state index in [-0.39, 0.29) is 23.0 Å². The molecule has 2 aromatic carbocycles. The highest BCUT2D eigenvalue weighted by atomic mass is 35.5. The Balaban J connectivity index is 1.59. The highest BCUT2D eigenvalue weighted by molar-refractivity contribution is 6.31. The van der Waals surface area contributed by atoms with Crippen molar-refractivity contribution in [3.8, 4) is 0 Å². The lowest BCUT2D eigenvalue weighted by atomic mass is 9.94. The van der Waals surface area contributed by atoms with E-state index in [0.717, 1.165) is 22.4 Å². The summed E-state index contributed by atoms with van der Waals surface area (Å²) >= 11 is 6.00. The van der Waals surface area contributed by atoms with E-state index in [0.29, 0.717) is 27.4 Å². The SMILES string of the molecule is Cc1cc(C(C)Nc2ccc(Cl)cc2C(=O)O)c2oc(C3=CC4C=[N+](C)N=C4C=C3)cc(=O)c2c1. The van der Waals surface area contributed by atoms with Gasteiger partial charge in [0.15, 0.2) is 18.7 Å². The van der Waals surface area contributed by atoms with Gasteiger partial charge in [-0.1, -0.05) is 28.4 Å². The van der Waals surface area contributed by atoms with Gasteiger partial charge in [0.25, 0.3) is 0 Å². The minimum atomic E-state index is -1.08. The van der Waals surface area contributed by atoms with Crippen LogP contribution in [0, 0.1) is 12.8 Å². The number of nitrogens with one attached hydrogen (secondary N) is 1. The van der Waals surface area contributed by atoms with E-state index in [4.69, 9.17) is 16.0 Å². The lowest BCUT2D eigenvalue weighted by molar-refractivity contribution is -0.495. The standard InChI is InChI=1S/C27H22ClN3O4/c1-14-8-19(15(2)29-23-7-5-18(28)11-20(23)27(33)34)26-21(9-14)24(32)12-25(35-26)16-4-6-22-17(10-16)13-31(3)30-22/h4-13,15,17,29H,1-3H3/p+1. The van der Waals surface area contributed by atoms with Gasteiger partial charge >= 0.3 is 5.97 Å². The molecule has 0 bridgehead atoms. The molecule has 1 aliphatic heterocycles. The number of benzene rings is 2. The van der Waals surface area contributed by atoms with Crippen molar-refractivity contribution in [2.75, 3.05) is 12.4 Å². The van der Waals surface area contributed by atoms with Crippen LogP contribution in [0.1, 0.15) is 40.2 Å². The summed E-state index contributed by atoms with van der Waals surface area (Å²) in [5.74, 6) is -0.590. The summed E-state index contributed by atoms with van der Waals surface area (Å²) in [4.78, 5) is 24.9. The van der Waals surface area contributed by atoms with Crippen LogP contribution < -0.4 is 10.7 Å². The normalized spacial score (nSPS) is 17.5. The summed E-state index contributed by atoms with van der Waals surface area (Å²) < 4.78 is 8.11. The largest absolute Gasteiger partial charge is 0.478 e. The number of nitrogens with zero attached hydrogens (tertiary/aromatic N) is 2. The second kappa shape index (κ2) is 8.67. The topological polar surface area (TPSA) is 94.9 Å². The molecule has 2 atom stereocenters. The molecule has 0 spiro atoms. The van der Waals surface area contributed by atoms with E-state index in [9.17, 15) is 14.7 Å². The number of hydrogen-bond donors (Lipinski definition) is 2. The molecular formula is C27H23ClN3O4+. The lowest BCUT2D eigenvalue weighted by Crippen LogP contribution is -2.14. The number of carbonyl (C=O) groups is 1. The molecule has 2 heterocycles. The highest BCUT2D eigenvalue weighted by Gasteiger charge is 2.27. The Morgan fingerprint density at radius 2 is 2.03 bits per heavy atom. The van der Waals surface area contributed by atoms with Gasteiger partial charge in [-0.3, -0.25) is 4.79 Å². The molecule has 5 rings (SSSR count). The van der Waals surface area contributed by atoms with E-state index in [2.05, 4.69) is 10.4 Å². The van der Waals surface area contributed by atoms with Crippen molar-refractivity contribution in [2.45, 2.75) is 19.9 Å². The van der Waals surface area contributed by atoms with E-state index < -0.39 is 5.97 Å². The van der Waals surface area contributed by atoms with Gasteiger partial charge in [-0.25, -0.2) is 4.79 Å². The minimum absolute atomic E-state index is 0.0263. The summed E-state index contributed by atoms with van der Waals surface area (Å²) in [6.45, 7) is 3.81. The molecular weight excluding hydrogens is 466 g/mol. The molecule has 176 valence electrons. The first-order valence-electron chi connectivity index (χ1n) is 11.1. The fourth-order valence-corrected chi connectivity index (χ4v) is 4.65. The number of carboxylic acids is 1. The molecule has 0 saturated carbocycles. The number of rotatable bonds is 5. The van der Waals surface area contributed by atoms with Gasteiger partial charge in [-0.15, -0.1) is 0 Å². The van der Waals surface area contributed by atoms with E-state index in [1.165, 1.54) is 12.1 Å². The molecule has 2 unspecified atom stereocenters. The number of fused-ring (bicyclic) bond motifs is 2. The van der Waals surface area contributed by atoms with Crippen LogP contribution in [0.15, 0.2) is 68.9 Å². The van der Waals surface area contributed by atoms with Crippen molar-refractivity contribution >= 4 is 51.7 Å². The van der Waals surface area contributed by atoms with Crippen LogP contribution in [0.25, 0.3) is 16.5 Å². The smallest absolute Gasteiger partial charge is 0.337 e. The van der Waals surface area contributed by atoms with Gasteiger partial charge < -0.3 is 14.8 Å². The molecule has 1 aromatic heterocycles. The van der Waals surface area contributed by atoms with Crippen molar-refractivity contribution in [2.24, 2.45) is 11.0 Å². The number of allylic oxidation sites excluding steroid dienone is 4. The maximum absolute atomic E-state index is 13.1. The molecule has 2 aliphatic rings. The third-order valence-electron chi connectivity index (χ3n) is 6.12.